The Kier molecular flexibility index (Phi) is 6.39. The SMILES string of the molecule is COc1ccc(-n2nc3c(c2NC(=O)C(=O)NCC(OC)OC)CS(=O)(=O)C3)cc1. The summed E-state index contributed by atoms with van der Waals surface area (Å²) < 4.78 is 40.5. The second kappa shape index (κ2) is 8.81. The third-order valence-corrected chi connectivity index (χ3v) is 5.94. The maximum Gasteiger partial charge on any atom is 0.314 e. The largest absolute Gasteiger partial charge is 0.497 e. The van der Waals surface area contributed by atoms with Crippen LogP contribution in [0.1, 0.15) is 11.3 Å². The Bertz CT molecular complexity index is 1040. The van der Waals surface area contributed by atoms with Gasteiger partial charge in [0.25, 0.3) is 0 Å². The summed E-state index contributed by atoms with van der Waals surface area (Å²) in [6.45, 7) is -0.0382. The van der Waals surface area contributed by atoms with Crippen molar-refractivity contribution in [2.24, 2.45) is 0 Å². The molecule has 0 saturated carbocycles. The number of nitrogens with one attached hydrogen (secondary N) is 2. The molecule has 1 aromatic carbocycles. The van der Waals surface area contributed by atoms with E-state index in [1.54, 1.807) is 24.3 Å². The molecule has 0 atom stereocenters. The van der Waals surface area contributed by atoms with Crippen LogP contribution in [0.3, 0.4) is 0 Å². The van der Waals surface area contributed by atoms with E-state index in [-0.39, 0.29) is 23.9 Å². The Morgan fingerprint density at radius 1 is 1.10 bits per heavy atom. The number of fused-ring (bicyclic) bond motifs is 1. The highest BCUT2D eigenvalue weighted by Crippen LogP contribution is 2.33. The predicted molar refractivity (Wildman–Crippen MR) is 106 cm³/mol. The Morgan fingerprint density at radius 2 is 1.77 bits per heavy atom. The second-order valence-electron chi connectivity index (χ2n) is 6.48. The summed E-state index contributed by atoms with van der Waals surface area (Å²) in [6, 6.07) is 6.81. The molecule has 30 heavy (non-hydrogen) atoms. The van der Waals surface area contributed by atoms with E-state index in [0.29, 0.717) is 22.7 Å². The molecule has 1 aromatic heterocycles. The summed E-state index contributed by atoms with van der Waals surface area (Å²) in [6.07, 6.45) is -0.707. The first-order valence-corrected chi connectivity index (χ1v) is 10.7. The van der Waals surface area contributed by atoms with Gasteiger partial charge in [-0.25, -0.2) is 13.1 Å². The number of methoxy groups -OCH3 is 3. The molecule has 2 aromatic rings. The molecule has 162 valence electrons. The van der Waals surface area contributed by atoms with Gasteiger partial charge in [0.1, 0.15) is 11.6 Å². The number of carbonyl (C=O) groups is 2. The molecule has 3 rings (SSSR count). The van der Waals surface area contributed by atoms with Crippen molar-refractivity contribution in [3.63, 3.8) is 0 Å². The molecule has 0 saturated heterocycles. The first-order chi connectivity index (χ1) is 14.3. The van der Waals surface area contributed by atoms with Crippen LogP contribution in [-0.2, 0) is 40.4 Å². The molecule has 0 unspecified atom stereocenters. The summed E-state index contributed by atoms with van der Waals surface area (Å²) in [7, 11) is 0.973. The van der Waals surface area contributed by atoms with Crippen LogP contribution in [0.5, 0.6) is 5.75 Å². The smallest absolute Gasteiger partial charge is 0.314 e. The van der Waals surface area contributed by atoms with Crippen LogP contribution < -0.4 is 15.4 Å². The number of benzene rings is 1. The van der Waals surface area contributed by atoms with E-state index in [0.717, 1.165) is 0 Å². The molecule has 1 aliphatic rings. The zero-order chi connectivity index (χ0) is 21.9. The minimum absolute atomic E-state index is 0.0382. The maximum absolute atomic E-state index is 12.4. The van der Waals surface area contributed by atoms with E-state index in [4.69, 9.17) is 14.2 Å². The molecule has 2 amide bonds. The van der Waals surface area contributed by atoms with Crippen molar-refractivity contribution in [1.82, 2.24) is 15.1 Å². The summed E-state index contributed by atoms with van der Waals surface area (Å²) in [5, 5.41) is 9.21. The van der Waals surface area contributed by atoms with Crippen LogP contribution in [0.4, 0.5) is 5.82 Å². The van der Waals surface area contributed by atoms with Crippen LogP contribution in [0.2, 0.25) is 0 Å². The molecular weight excluding hydrogens is 416 g/mol. The second-order valence-corrected chi connectivity index (χ2v) is 8.55. The van der Waals surface area contributed by atoms with E-state index in [2.05, 4.69) is 15.7 Å². The van der Waals surface area contributed by atoms with Gasteiger partial charge >= 0.3 is 11.8 Å². The lowest BCUT2D eigenvalue weighted by atomic mass is 10.2. The molecule has 11 nitrogen and oxygen atoms in total. The Labute approximate surface area is 173 Å². The molecule has 0 aliphatic carbocycles. The lowest BCUT2D eigenvalue weighted by Crippen LogP contribution is -2.40. The monoisotopic (exact) mass is 438 g/mol. The number of nitrogens with zero attached hydrogens (tertiary/aromatic N) is 2. The summed E-state index contributed by atoms with van der Waals surface area (Å²) >= 11 is 0. The Hall–Kier alpha value is -2.96. The fraction of sp³-hybridized carbons (Fsp3) is 0.389. The van der Waals surface area contributed by atoms with Crippen LogP contribution in [0.15, 0.2) is 24.3 Å². The molecule has 2 N–H and O–H groups in total. The van der Waals surface area contributed by atoms with Gasteiger partial charge in [-0.15, -0.1) is 0 Å². The average molecular weight is 438 g/mol. The minimum Gasteiger partial charge on any atom is -0.497 e. The third-order valence-electron chi connectivity index (χ3n) is 4.50. The average Bonchev–Trinajstić information content (AvgIpc) is 3.20. The van der Waals surface area contributed by atoms with Gasteiger partial charge in [0, 0.05) is 19.8 Å². The van der Waals surface area contributed by atoms with Crippen molar-refractivity contribution < 1.29 is 32.2 Å². The number of hydrogen-bond acceptors (Lipinski definition) is 8. The lowest BCUT2D eigenvalue weighted by Gasteiger charge is -2.14. The predicted octanol–water partition coefficient (Wildman–Crippen LogP) is -0.0171. The van der Waals surface area contributed by atoms with Gasteiger partial charge < -0.3 is 24.8 Å². The molecular formula is C18H22N4O7S. The van der Waals surface area contributed by atoms with Gasteiger partial charge in [0.2, 0.25) is 0 Å². The number of rotatable bonds is 7. The first-order valence-electron chi connectivity index (χ1n) is 8.88. The number of anilines is 1. The number of amides is 2. The van der Waals surface area contributed by atoms with Crippen LogP contribution in [-0.4, -0.2) is 64.2 Å². The van der Waals surface area contributed by atoms with Gasteiger partial charge in [0.15, 0.2) is 16.1 Å². The third kappa shape index (κ3) is 4.61. The van der Waals surface area contributed by atoms with Gasteiger partial charge in [-0.3, -0.25) is 9.59 Å². The van der Waals surface area contributed by atoms with Gasteiger partial charge in [-0.05, 0) is 24.3 Å². The number of hydrogen-bond donors (Lipinski definition) is 2. The Balaban J connectivity index is 1.87. The van der Waals surface area contributed by atoms with E-state index in [1.807, 2.05) is 0 Å². The Morgan fingerprint density at radius 3 is 2.37 bits per heavy atom. The van der Waals surface area contributed by atoms with Crippen molar-refractivity contribution in [3.05, 3.63) is 35.5 Å². The van der Waals surface area contributed by atoms with Crippen molar-refractivity contribution in [1.29, 1.82) is 0 Å². The minimum atomic E-state index is -3.36. The number of ether oxygens (including phenoxy) is 3. The number of aromatic nitrogens is 2. The van der Waals surface area contributed by atoms with Crippen molar-refractivity contribution in [3.8, 4) is 11.4 Å². The highest BCUT2D eigenvalue weighted by molar-refractivity contribution is 7.90. The molecule has 12 heteroatoms. The highest BCUT2D eigenvalue weighted by atomic mass is 32.2. The molecule has 0 fully saturated rings. The number of carbonyl (C=O) groups excluding carboxylic acids is 2. The topological polar surface area (TPSA) is 138 Å². The normalized spacial score (nSPS) is 14.4. The van der Waals surface area contributed by atoms with Gasteiger partial charge in [0.05, 0.1) is 36.5 Å². The van der Waals surface area contributed by atoms with E-state index >= 15 is 0 Å². The van der Waals surface area contributed by atoms with E-state index in [1.165, 1.54) is 26.0 Å². The van der Waals surface area contributed by atoms with E-state index in [9.17, 15) is 18.0 Å². The van der Waals surface area contributed by atoms with Gasteiger partial charge in [-0.1, -0.05) is 0 Å². The standard InChI is InChI=1S/C18H22N4O7S/c1-27-12-6-4-11(5-7-12)22-16(13-9-30(25,26)10-14(13)21-22)20-18(24)17(23)19-8-15(28-2)29-3/h4-7,15H,8-10H2,1-3H3,(H,19,23)(H,20,24). The number of sulfone groups is 1. The molecule has 0 radical (unpaired) electrons. The first kappa shape index (κ1) is 21.7. The zero-order valence-electron chi connectivity index (χ0n) is 16.7. The molecule has 0 bridgehead atoms. The van der Waals surface area contributed by atoms with E-state index < -0.39 is 27.9 Å². The summed E-state index contributed by atoms with van der Waals surface area (Å²) in [5.41, 5.74) is 1.26. The van der Waals surface area contributed by atoms with Crippen LogP contribution >= 0.6 is 0 Å². The lowest BCUT2D eigenvalue weighted by molar-refractivity contribution is -0.139. The molecule has 2 heterocycles. The summed E-state index contributed by atoms with van der Waals surface area (Å²) in [5.74, 6) is -1.65. The van der Waals surface area contributed by atoms with Crippen molar-refractivity contribution >= 4 is 27.5 Å². The fourth-order valence-corrected chi connectivity index (χ4v) is 4.46. The van der Waals surface area contributed by atoms with Crippen molar-refractivity contribution in [2.45, 2.75) is 17.8 Å². The van der Waals surface area contributed by atoms with Crippen LogP contribution in [0.25, 0.3) is 5.69 Å². The van der Waals surface area contributed by atoms with Crippen LogP contribution in [0, 0.1) is 0 Å². The molecule has 0 spiro atoms. The highest BCUT2D eigenvalue weighted by Gasteiger charge is 2.34. The molecule has 1 aliphatic heterocycles. The quantitative estimate of drug-likeness (QED) is 0.455. The maximum atomic E-state index is 12.4. The zero-order valence-corrected chi connectivity index (χ0v) is 17.5. The fourth-order valence-electron chi connectivity index (χ4n) is 2.96. The van der Waals surface area contributed by atoms with Gasteiger partial charge in [-0.2, -0.15) is 5.10 Å². The summed E-state index contributed by atoms with van der Waals surface area (Å²) in [4.78, 5) is 24.6. The van der Waals surface area contributed by atoms with Crippen molar-refractivity contribution in [2.75, 3.05) is 33.2 Å².